The van der Waals surface area contributed by atoms with Crippen LogP contribution in [0.3, 0.4) is 0 Å². The van der Waals surface area contributed by atoms with Gasteiger partial charge in [-0.2, -0.15) is 0 Å². The van der Waals surface area contributed by atoms with Gasteiger partial charge in [-0.3, -0.25) is 4.98 Å². The molecule has 1 aromatic heterocycles. The Morgan fingerprint density at radius 1 is 1.17 bits per heavy atom. The molecule has 94 valence electrons. The van der Waals surface area contributed by atoms with E-state index in [1.54, 1.807) is 6.20 Å². The van der Waals surface area contributed by atoms with E-state index in [-0.39, 0.29) is 0 Å². The van der Waals surface area contributed by atoms with Crippen LogP contribution in [0, 0.1) is 13.8 Å². The quantitative estimate of drug-likeness (QED) is 0.896. The second-order valence-electron chi connectivity index (χ2n) is 4.29. The van der Waals surface area contributed by atoms with Crippen LogP contribution in [0.1, 0.15) is 22.4 Å². The summed E-state index contributed by atoms with van der Waals surface area (Å²) < 4.78 is 5.81. The van der Waals surface area contributed by atoms with Crippen molar-refractivity contribution < 1.29 is 4.74 Å². The highest BCUT2D eigenvalue weighted by molar-refractivity contribution is 5.39. The first kappa shape index (κ1) is 12.6. The predicted molar refractivity (Wildman–Crippen MR) is 72.4 cm³/mol. The van der Waals surface area contributed by atoms with Gasteiger partial charge in [0, 0.05) is 17.8 Å². The Labute approximate surface area is 108 Å². The van der Waals surface area contributed by atoms with Crippen molar-refractivity contribution in [3.63, 3.8) is 0 Å². The molecule has 2 rings (SSSR count). The maximum atomic E-state index is 5.81. The van der Waals surface area contributed by atoms with Gasteiger partial charge in [0.1, 0.15) is 12.4 Å². The minimum Gasteiger partial charge on any atom is -0.487 e. The van der Waals surface area contributed by atoms with Gasteiger partial charge in [0.05, 0.1) is 6.20 Å². The smallest absolute Gasteiger partial charge is 0.142 e. The summed E-state index contributed by atoms with van der Waals surface area (Å²) in [6.45, 7) is 5.02. The third-order valence-electron chi connectivity index (χ3n) is 3.11. The Hall–Kier alpha value is -1.87. The Bertz CT molecular complexity index is 524. The van der Waals surface area contributed by atoms with Gasteiger partial charge >= 0.3 is 0 Å². The van der Waals surface area contributed by atoms with Gasteiger partial charge in [-0.1, -0.05) is 30.3 Å². The van der Waals surface area contributed by atoms with Crippen LogP contribution in [0.4, 0.5) is 0 Å². The zero-order chi connectivity index (χ0) is 13.0. The highest BCUT2D eigenvalue weighted by Crippen LogP contribution is 2.23. The standard InChI is InChI=1S/C15H18N2O/c1-11-12(2)17-9-15(14(11)8-16)18-10-13-6-4-3-5-7-13/h3-7,9H,8,10,16H2,1-2H3. The van der Waals surface area contributed by atoms with Gasteiger partial charge in [-0.05, 0) is 25.0 Å². The number of aromatic nitrogens is 1. The molecule has 0 amide bonds. The third kappa shape index (κ3) is 2.68. The second kappa shape index (κ2) is 5.65. The maximum absolute atomic E-state index is 5.81. The lowest BCUT2D eigenvalue weighted by molar-refractivity contribution is 0.301. The minimum absolute atomic E-state index is 0.472. The summed E-state index contributed by atoms with van der Waals surface area (Å²) in [5, 5.41) is 0. The van der Waals surface area contributed by atoms with Crippen molar-refractivity contribution in [3.05, 3.63) is 58.9 Å². The number of ether oxygens (including phenoxy) is 1. The number of nitrogens with two attached hydrogens (primary N) is 1. The molecule has 2 aromatic rings. The van der Waals surface area contributed by atoms with Gasteiger partial charge < -0.3 is 10.5 Å². The molecule has 0 aliphatic carbocycles. The number of rotatable bonds is 4. The van der Waals surface area contributed by atoms with Crippen LogP contribution in [-0.2, 0) is 13.2 Å². The van der Waals surface area contributed by atoms with E-state index in [1.807, 2.05) is 44.2 Å². The highest BCUT2D eigenvalue weighted by atomic mass is 16.5. The van der Waals surface area contributed by atoms with E-state index in [0.717, 1.165) is 28.1 Å². The molecule has 0 unspecified atom stereocenters. The van der Waals surface area contributed by atoms with E-state index in [1.165, 1.54) is 0 Å². The van der Waals surface area contributed by atoms with Crippen LogP contribution in [-0.4, -0.2) is 4.98 Å². The Balaban J connectivity index is 2.17. The molecular weight excluding hydrogens is 224 g/mol. The van der Waals surface area contributed by atoms with E-state index in [4.69, 9.17) is 10.5 Å². The van der Waals surface area contributed by atoms with Crippen LogP contribution >= 0.6 is 0 Å². The van der Waals surface area contributed by atoms with Gasteiger partial charge in [0.2, 0.25) is 0 Å². The molecule has 0 aliphatic rings. The number of aryl methyl sites for hydroxylation is 1. The molecule has 1 heterocycles. The zero-order valence-electron chi connectivity index (χ0n) is 10.8. The van der Waals surface area contributed by atoms with Crippen molar-refractivity contribution in [2.24, 2.45) is 5.73 Å². The van der Waals surface area contributed by atoms with Crippen molar-refractivity contribution in [3.8, 4) is 5.75 Å². The lowest BCUT2D eigenvalue weighted by atomic mass is 10.1. The molecule has 0 saturated heterocycles. The third-order valence-corrected chi connectivity index (χ3v) is 3.11. The van der Waals surface area contributed by atoms with E-state index >= 15 is 0 Å². The molecule has 18 heavy (non-hydrogen) atoms. The lowest BCUT2D eigenvalue weighted by Gasteiger charge is -2.13. The van der Waals surface area contributed by atoms with Gasteiger partial charge in [0.25, 0.3) is 0 Å². The van der Waals surface area contributed by atoms with Crippen molar-refractivity contribution in [1.82, 2.24) is 4.98 Å². The number of benzene rings is 1. The SMILES string of the molecule is Cc1ncc(OCc2ccccc2)c(CN)c1C. The summed E-state index contributed by atoms with van der Waals surface area (Å²) >= 11 is 0. The van der Waals surface area contributed by atoms with E-state index in [2.05, 4.69) is 4.98 Å². The zero-order valence-corrected chi connectivity index (χ0v) is 10.8. The molecular formula is C15H18N2O. The maximum Gasteiger partial charge on any atom is 0.142 e. The molecule has 0 atom stereocenters. The number of hydrogen-bond acceptors (Lipinski definition) is 3. The van der Waals surface area contributed by atoms with Crippen LogP contribution in [0.2, 0.25) is 0 Å². The highest BCUT2D eigenvalue weighted by Gasteiger charge is 2.08. The van der Waals surface area contributed by atoms with E-state index < -0.39 is 0 Å². The van der Waals surface area contributed by atoms with Crippen molar-refractivity contribution in [2.75, 3.05) is 0 Å². The first-order chi connectivity index (χ1) is 8.72. The average molecular weight is 242 g/mol. The van der Waals surface area contributed by atoms with Crippen LogP contribution in [0.25, 0.3) is 0 Å². The normalized spacial score (nSPS) is 10.4. The van der Waals surface area contributed by atoms with Crippen LogP contribution < -0.4 is 10.5 Å². The van der Waals surface area contributed by atoms with Crippen molar-refractivity contribution in [2.45, 2.75) is 27.0 Å². The summed E-state index contributed by atoms with van der Waals surface area (Å²) in [6.07, 6.45) is 1.76. The Kier molecular flexibility index (Phi) is 3.95. The van der Waals surface area contributed by atoms with Crippen molar-refractivity contribution in [1.29, 1.82) is 0 Å². The first-order valence-electron chi connectivity index (χ1n) is 6.04. The lowest BCUT2D eigenvalue weighted by Crippen LogP contribution is -2.07. The van der Waals surface area contributed by atoms with Crippen molar-refractivity contribution >= 4 is 0 Å². The molecule has 3 heteroatoms. The minimum atomic E-state index is 0.472. The van der Waals surface area contributed by atoms with E-state index in [9.17, 15) is 0 Å². The number of pyridine rings is 1. The topological polar surface area (TPSA) is 48.1 Å². The fourth-order valence-electron chi connectivity index (χ4n) is 1.85. The molecule has 0 spiro atoms. The molecule has 0 aliphatic heterocycles. The number of hydrogen-bond donors (Lipinski definition) is 1. The molecule has 1 aromatic carbocycles. The molecule has 2 N–H and O–H groups in total. The Morgan fingerprint density at radius 3 is 2.56 bits per heavy atom. The second-order valence-corrected chi connectivity index (χ2v) is 4.29. The van der Waals surface area contributed by atoms with Crippen LogP contribution in [0.15, 0.2) is 36.5 Å². The summed E-state index contributed by atoms with van der Waals surface area (Å²) in [6, 6.07) is 10.1. The van der Waals surface area contributed by atoms with Gasteiger partial charge in [-0.15, -0.1) is 0 Å². The predicted octanol–water partition coefficient (Wildman–Crippen LogP) is 2.74. The van der Waals surface area contributed by atoms with Crippen LogP contribution in [0.5, 0.6) is 5.75 Å². The summed E-state index contributed by atoms with van der Waals surface area (Å²) in [7, 11) is 0. The fourth-order valence-corrected chi connectivity index (χ4v) is 1.85. The Morgan fingerprint density at radius 2 is 1.89 bits per heavy atom. The summed E-state index contributed by atoms with van der Waals surface area (Å²) in [5.41, 5.74) is 10.1. The molecule has 0 radical (unpaired) electrons. The van der Waals surface area contributed by atoms with Gasteiger partial charge in [-0.25, -0.2) is 0 Å². The molecule has 3 nitrogen and oxygen atoms in total. The molecule has 0 saturated carbocycles. The number of nitrogens with zero attached hydrogens (tertiary/aromatic N) is 1. The summed E-state index contributed by atoms with van der Waals surface area (Å²) in [5.74, 6) is 0.782. The molecule has 0 bridgehead atoms. The van der Waals surface area contributed by atoms with E-state index in [0.29, 0.717) is 13.2 Å². The largest absolute Gasteiger partial charge is 0.487 e. The monoisotopic (exact) mass is 242 g/mol. The summed E-state index contributed by atoms with van der Waals surface area (Å²) in [4.78, 5) is 4.32. The fraction of sp³-hybridized carbons (Fsp3) is 0.267. The molecule has 0 fully saturated rings. The first-order valence-corrected chi connectivity index (χ1v) is 6.04. The average Bonchev–Trinajstić information content (AvgIpc) is 2.41. The van der Waals surface area contributed by atoms with Gasteiger partial charge in [0.15, 0.2) is 0 Å².